The second-order valence-corrected chi connectivity index (χ2v) is 7.16. The lowest BCUT2D eigenvalue weighted by Gasteiger charge is -2.14. The molecular formula is C23H24ClN3O5. The molecule has 0 amide bonds. The van der Waals surface area contributed by atoms with Gasteiger partial charge in [-0.2, -0.15) is 9.78 Å². The number of anilines is 1. The molecule has 0 bridgehead atoms. The fourth-order valence-electron chi connectivity index (χ4n) is 3.02. The third kappa shape index (κ3) is 5.03. The Balaban J connectivity index is 1.83. The van der Waals surface area contributed by atoms with Gasteiger partial charge in [-0.05, 0) is 36.2 Å². The highest BCUT2D eigenvalue weighted by Crippen LogP contribution is 2.29. The molecule has 32 heavy (non-hydrogen) atoms. The SMILES string of the molecule is CCCOc1ccc(CNc2cnn(-c3ccccc3C(=O)OC)c(=O)c2Cl)cc1OC. The first kappa shape index (κ1) is 23.1. The molecule has 1 heterocycles. The summed E-state index contributed by atoms with van der Waals surface area (Å²) in [7, 11) is 2.85. The van der Waals surface area contributed by atoms with Crippen molar-refractivity contribution >= 4 is 23.3 Å². The lowest BCUT2D eigenvalue weighted by Crippen LogP contribution is -2.24. The number of rotatable bonds is 9. The Morgan fingerprint density at radius 2 is 1.94 bits per heavy atom. The molecule has 0 aliphatic rings. The van der Waals surface area contributed by atoms with E-state index in [1.165, 1.54) is 13.3 Å². The normalized spacial score (nSPS) is 10.5. The van der Waals surface area contributed by atoms with Crippen LogP contribution in [0.1, 0.15) is 29.3 Å². The summed E-state index contributed by atoms with van der Waals surface area (Å²) < 4.78 is 16.9. The van der Waals surface area contributed by atoms with E-state index >= 15 is 0 Å². The third-order valence-electron chi connectivity index (χ3n) is 4.63. The fourth-order valence-corrected chi connectivity index (χ4v) is 3.21. The molecule has 0 aliphatic heterocycles. The predicted molar refractivity (Wildman–Crippen MR) is 122 cm³/mol. The van der Waals surface area contributed by atoms with E-state index in [2.05, 4.69) is 10.4 Å². The summed E-state index contributed by atoms with van der Waals surface area (Å²) in [5.41, 5.74) is 1.20. The highest BCUT2D eigenvalue weighted by Gasteiger charge is 2.17. The van der Waals surface area contributed by atoms with Gasteiger partial charge in [0.1, 0.15) is 5.02 Å². The zero-order valence-corrected chi connectivity index (χ0v) is 18.8. The van der Waals surface area contributed by atoms with E-state index in [0.717, 1.165) is 16.7 Å². The molecule has 3 aromatic rings. The summed E-state index contributed by atoms with van der Waals surface area (Å²) in [4.78, 5) is 24.9. The smallest absolute Gasteiger partial charge is 0.340 e. The summed E-state index contributed by atoms with van der Waals surface area (Å²) in [5.74, 6) is 0.717. The first-order valence-electron chi connectivity index (χ1n) is 9.99. The van der Waals surface area contributed by atoms with Crippen LogP contribution in [0.2, 0.25) is 5.02 Å². The van der Waals surface area contributed by atoms with Crippen molar-refractivity contribution in [1.82, 2.24) is 9.78 Å². The van der Waals surface area contributed by atoms with Crippen molar-refractivity contribution in [1.29, 1.82) is 0 Å². The Kier molecular flexibility index (Phi) is 7.72. The molecule has 168 valence electrons. The molecule has 3 rings (SSSR count). The van der Waals surface area contributed by atoms with Crippen LogP contribution in [-0.2, 0) is 11.3 Å². The fraction of sp³-hybridized carbons (Fsp3) is 0.261. The van der Waals surface area contributed by atoms with Crippen LogP contribution < -0.4 is 20.3 Å². The van der Waals surface area contributed by atoms with Gasteiger partial charge < -0.3 is 19.5 Å². The summed E-state index contributed by atoms with van der Waals surface area (Å²) in [6, 6.07) is 12.1. The molecule has 0 spiro atoms. The quantitative estimate of drug-likeness (QED) is 0.484. The monoisotopic (exact) mass is 457 g/mol. The molecular weight excluding hydrogens is 434 g/mol. The number of esters is 1. The largest absolute Gasteiger partial charge is 0.493 e. The number of methoxy groups -OCH3 is 2. The summed E-state index contributed by atoms with van der Waals surface area (Å²) in [6.45, 7) is 3.02. The van der Waals surface area contributed by atoms with Gasteiger partial charge in [-0.15, -0.1) is 0 Å². The van der Waals surface area contributed by atoms with E-state index in [1.54, 1.807) is 31.4 Å². The molecule has 9 heteroatoms. The summed E-state index contributed by atoms with van der Waals surface area (Å²) >= 11 is 6.32. The molecule has 0 radical (unpaired) electrons. The van der Waals surface area contributed by atoms with Gasteiger partial charge in [-0.3, -0.25) is 4.79 Å². The molecule has 0 saturated carbocycles. The first-order valence-corrected chi connectivity index (χ1v) is 10.4. The second kappa shape index (κ2) is 10.7. The molecule has 2 aromatic carbocycles. The van der Waals surface area contributed by atoms with E-state index in [0.29, 0.717) is 30.3 Å². The summed E-state index contributed by atoms with van der Waals surface area (Å²) in [6.07, 6.45) is 2.33. The van der Waals surface area contributed by atoms with Crippen LogP contribution in [0.3, 0.4) is 0 Å². The number of para-hydroxylation sites is 1. The van der Waals surface area contributed by atoms with E-state index in [-0.39, 0.29) is 16.3 Å². The van der Waals surface area contributed by atoms with Gasteiger partial charge in [0.25, 0.3) is 5.56 Å². The maximum absolute atomic E-state index is 12.8. The van der Waals surface area contributed by atoms with Crippen molar-refractivity contribution in [2.75, 3.05) is 26.1 Å². The predicted octanol–water partition coefficient (Wildman–Crippen LogP) is 4.08. The Morgan fingerprint density at radius 3 is 2.66 bits per heavy atom. The van der Waals surface area contributed by atoms with Gasteiger partial charge >= 0.3 is 5.97 Å². The molecule has 1 N–H and O–H groups in total. The van der Waals surface area contributed by atoms with Crippen molar-refractivity contribution < 1.29 is 19.0 Å². The Hall–Kier alpha value is -3.52. The number of halogens is 1. The van der Waals surface area contributed by atoms with Crippen LogP contribution >= 0.6 is 11.6 Å². The molecule has 1 aromatic heterocycles. The highest BCUT2D eigenvalue weighted by atomic mass is 35.5. The number of ether oxygens (including phenoxy) is 3. The molecule has 8 nitrogen and oxygen atoms in total. The third-order valence-corrected chi connectivity index (χ3v) is 4.99. The maximum atomic E-state index is 12.8. The number of carbonyl (C=O) groups excluding carboxylic acids is 1. The number of hydrogen-bond acceptors (Lipinski definition) is 7. The number of hydrogen-bond donors (Lipinski definition) is 1. The molecule has 0 atom stereocenters. The molecule has 0 saturated heterocycles. The van der Waals surface area contributed by atoms with Crippen molar-refractivity contribution in [3.05, 3.63) is 75.2 Å². The molecule has 0 fully saturated rings. The number of benzene rings is 2. The summed E-state index contributed by atoms with van der Waals surface area (Å²) in [5, 5.41) is 7.25. The number of carbonyl (C=O) groups is 1. The molecule has 0 aliphatic carbocycles. The topological polar surface area (TPSA) is 91.7 Å². The van der Waals surface area contributed by atoms with Crippen molar-refractivity contribution in [3.8, 4) is 17.2 Å². The van der Waals surface area contributed by atoms with Crippen molar-refractivity contribution in [3.63, 3.8) is 0 Å². The Bertz CT molecular complexity index is 1160. The van der Waals surface area contributed by atoms with Crippen LogP contribution in [0.5, 0.6) is 11.5 Å². The van der Waals surface area contributed by atoms with Crippen LogP contribution in [-0.4, -0.2) is 36.6 Å². The van der Waals surface area contributed by atoms with E-state index in [1.807, 2.05) is 25.1 Å². The van der Waals surface area contributed by atoms with E-state index < -0.39 is 11.5 Å². The van der Waals surface area contributed by atoms with Gasteiger partial charge in [0.2, 0.25) is 0 Å². The number of aromatic nitrogens is 2. The van der Waals surface area contributed by atoms with Crippen LogP contribution in [0.15, 0.2) is 53.5 Å². The number of nitrogens with zero attached hydrogens (tertiary/aromatic N) is 2. The van der Waals surface area contributed by atoms with Gasteiger partial charge in [-0.25, -0.2) is 4.79 Å². The number of nitrogens with one attached hydrogen (secondary N) is 1. The second-order valence-electron chi connectivity index (χ2n) is 6.79. The van der Waals surface area contributed by atoms with Crippen molar-refractivity contribution in [2.24, 2.45) is 0 Å². The minimum Gasteiger partial charge on any atom is -0.493 e. The highest BCUT2D eigenvalue weighted by molar-refractivity contribution is 6.32. The van der Waals surface area contributed by atoms with E-state index in [9.17, 15) is 9.59 Å². The Labute approximate surface area is 190 Å². The average Bonchev–Trinajstić information content (AvgIpc) is 2.83. The van der Waals surface area contributed by atoms with Gasteiger partial charge in [0.05, 0.1) is 44.0 Å². The van der Waals surface area contributed by atoms with Crippen LogP contribution in [0.4, 0.5) is 5.69 Å². The zero-order valence-electron chi connectivity index (χ0n) is 18.1. The Morgan fingerprint density at radius 1 is 1.16 bits per heavy atom. The molecule has 0 unspecified atom stereocenters. The van der Waals surface area contributed by atoms with Crippen LogP contribution in [0.25, 0.3) is 5.69 Å². The van der Waals surface area contributed by atoms with Gasteiger partial charge in [-0.1, -0.05) is 36.7 Å². The van der Waals surface area contributed by atoms with E-state index in [4.69, 9.17) is 25.8 Å². The van der Waals surface area contributed by atoms with Gasteiger partial charge in [0.15, 0.2) is 11.5 Å². The standard InChI is InChI=1S/C23H24ClN3O5/c1-4-11-32-19-10-9-15(12-20(19)30-2)13-25-17-14-26-27(22(28)21(17)24)18-8-6-5-7-16(18)23(29)31-3/h5-10,12,14,25H,4,11,13H2,1-3H3. The lowest BCUT2D eigenvalue weighted by molar-refractivity contribution is 0.0600. The van der Waals surface area contributed by atoms with Crippen LogP contribution in [0, 0.1) is 0 Å². The van der Waals surface area contributed by atoms with Gasteiger partial charge in [0, 0.05) is 6.54 Å². The van der Waals surface area contributed by atoms with Crippen molar-refractivity contribution in [2.45, 2.75) is 19.9 Å². The lowest BCUT2D eigenvalue weighted by atomic mass is 10.2. The minimum absolute atomic E-state index is 0.0467. The zero-order chi connectivity index (χ0) is 23.1. The maximum Gasteiger partial charge on any atom is 0.340 e. The minimum atomic E-state index is -0.576. The average molecular weight is 458 g/mol. The first-order chi connectivity index (χ1) is 15.5.